The second-order valence-electron chi connectivity index (χ2n) is 4.92. The normalized spacial score (nSPS) is 15.4. The van der Waals surface area contributed by atoms with Crippen molar-refractivity contribution in [1.29, 1.82) is 0 Å². The first-order valence-corrected chi connectivity index (χ1v) is 7.54. The highest BCUT2D eigenvalue weighted by atomic mass is 16.5. The maximum atomic E-state index is 5.78. The van der Waals surface area contributed by atoms with Gasteiger partial charge in [-0.2, -0.15) is 0 Å². The van der Waals surface area contributed by atoms with Crippen molar-refractivity contribution < 1.29 is 4.74 Å². The number of rotatable bonds is 4. The summed E-state index contributed by atoms with van der Waals surface area (Å²) in [5.41, 5.74) is 9.11. The van der Waals surface area contributed by atoms with Gasteiger partial charge in [0.1, 0.15) is 0 Å². The van der Waals surface area contributed by atoms with Gasteiger partial charge in [0.2, 0.25) is 0 Å². The molecule has 1 fully saturated rings. The summed E-state index contributed by atoms with van der Waals surface area (Å²) in [5, 5.41) is 0. The fraction of sp³-hybridized carbons (Fsp3) is 0.625. The maximum absolute atomic E-state index is 5.78. The molecule has 1 saturated heterocycles. The Kier molecular flexibility index (Phi) is 7.41. The van der Waals surface area contributed by atoms with Gasteiger partial charge in [0, 0.05) is 44.6 Å². The Morgan fingerprint density at radius 2 is 1.90 bits per heavy atom. The number of hydrogen-bond donors (Lipinski definition) is 1. The molecule has 0 saturated carbocycles. The molecule has 1 aliphatic heterocycles. The van der Waals surface area contributed by atoms with Crippen molar-refractivity contribution in [3.8, 4) is 0 Å². The number of benzene rings is 1. The molecule has 1 heterocycles. The Bertz CT molecular complexity index is 389. The average Bonchev–Trinajstić information content (AvgIpc) is 2.48. The predicted molar refractivity (Wildman–Crippen MR) is 87.5 cm³/mol. The van der Waals surface area contributed by atoms with Crippen molar-refractivity contribution in [2.45, 2.75) is 20.8 Å². The third-order valence-electron chi connectivity index (χ3n) is 3.49. The monoisotopic (exact) mass is 279 g/mol. The lowest BCUT2D eigenvalue weighted by Crippen LogP contribution is -2.40. The fourth-order valence-electron chi connectivity index (χ4n) is 2.34. The van der Waals surface area contributed by atoms with Crippen LogP contribution in [0.15, 0.2) is 18.2 Å². The van der Waals surface area contributed by atoms with Gasteiger partial charge in [0.15, 0.2) is 0 Å². The largest absolute Gasteiger partial charge is 0.399 e. The smallest absolute Gasteiger partial charge is 0.0594 e. The highest BCUT2D eigenvalue weighted by Gasteiger charge is 2.11. The molecule has 2 N–H and O–H groups in total. The lowest BCUT2D eigenvalue weighted by Gasteiger charge is -2.29. The van der Waals surface area contributed by atoms with Gasteiger partial charge in [0.25, 0.3) is 0 Å². The van der Waals surface area contributed by atoms with Crippen molar-refractivity contribution >= 4 is 11.4 Å². The summed E-state index contributed by atoms with van der Waals surface area (Å²) in [4.78, 5) is 4.75. The molecule has 1 aliphatic rings. The van der Waals surface area contributed by atoms with Gasteiger partial charge in [-0.15, -0.1) is 0 Å². The van der Waals surface area contributed by atoms with E-state index in [2.05, 4.69) is 29.8 Å². The van der Waals surface area contributed by atoms with E-state index in [1.54, 1.807) is 0 Å². The number of nitrogen functional groups attached to an aromatic ring is 1. The third-order valence-corrected chi connectivity index (χ3v) is 3.49. The number of ether oxygens (including phenoxy) is 1. The molecule has 1 aromatic rings. The van der Waals surface area contributed by atoms with E-state index in [1.165, 1.54) is 11.3 Å². The molecule has 114 valence electrons. The summed E-state index contributed by atoms with van der Waals surface area (Å²) in [6.45, 7) is 12.1. The topological polar surface area (TPSA) is 41.7 Å². The zero-order valence-electron chi connectivity index (χ0n) is 13.4. The zero-order valence-corrected chi connectivity index (χ0v) is 13.4. The molecule has 4 nitrogen and oxygen atoms in total. The Balaban J connectivity index is 0.000000956. The SMILES string of the molecule is CC.Cc1cc(N)ccc1N(C)CCN1CCOCC1. The minimum absolute atomic E-state index is 0.831. The molecule has 4 heteroatoms. The fourth-order valence-corrected chi connectivity index (χ4v) is 2.34. The van der Waals surface area contributed by atoms with Gasteiger partial charge >= 0.3 is 0 Å². The lowest BCUT2D eigenvalue weighted by atomic mass is 10.1. The van der Waals surface area contributed by atoms with E-state index < -0.39 is 0 Å². The summed E-state index contributed by atoms with van der Waals surface area (Å²) >= 11 is 0. The first-order chi connectivity index (χ1) is 9.66. The number of likely N-dealkylation sites (N-methyl/N-ethyl adjacent to an activating group) is 1. The van der Waals surface area contributed by atoms with E-state index in [0.29, 0.717) is 0 Å². The quantitative estimate of drug-likeness (QED) is 0.859. The van der Waals surface area contributed by atoms with Crippen LogP contribution in [0, 0.1) is 6.92 Å². The maximum Gasteiger partial charge on any atom is 0.0594 e. The molecule has 0 spiro atoms. The molecule has 0 atom stereocenters. The van der Waals surface area contributed by atoms with Crippen LogP contribution in [0.1, 0.15) is 19.4 Å². The first kappa shape index (κ1) is 16.8. The summed E-state index contributed by atoms with van der Waals surface area (Å²) < 4.78 is 5.35. The van der Waals surface area contributed by atoms with E-state index in [1.807, 2.05) is 26.0 Å². The first-order valence-electron chi connectivity index (χ1n) is 7.54. The molecule has 0 radical (unpaired) electrons. The van der Waals surface area contributed by atoms with Crippen molar-refractivity contribution in [2.75, 3.05) is 57.1 Å². The van der Waals surface area contributed by atoms with E-state index in [9.17, 15) is 0 Å². The lowest BCUT2D eigenvalue weighted by molar-refractivity contribution is 0.0393. The molecule has 0 bridgehead atoms. The highest BCUT2D eigenvalue weighted by molar-refractivity contribution is 5.58. The Morgan fingerprint density at radius 1 is 1.25 bits per heavy atom. The molecule has 1 aromatic carbocycles. The number of nitrogens with two attached hydrogens (primary N) is 1. The Morgan fingerprint density at radius 3 is 2.50 bits per heavy atom. The summed E-state index contributed by atoms with van der Waals surface area (Å²) in [7, 11) is 2.14. The predicted octanol–water partition coefficient (Wildman–Crippen LogP) is 2.37. The molecule has 2 rings (SSSR count). The molecule has 0 aromatic heterocycles. The van der Waals surface area contributed by atoms with Crippen LogP contribution < -0.4 is 10.6 Å². The van der Waals surface area contributed by atoms with Crippen LogP contribution in [0.2, 0.25) is 0 Å². The number of morpholine rings is 1. The number of aryl methyl sites for hydroxylation is 1. The molecule has 0 aliphatic carbocycles. The molecular formula is C16H29N3O. The van der Waals surface area contributed by atoms with Crippen LogP contribution in [0.25, 0.3) is 0 Å². The van der Waals surface area contributed by atoms with E-state index in [4.69, 9.17) is 10.5 Å². The highest BCUT2D eigenvalue weighted by Crippen LogP contribution is 2.20. The van der Waals surface area contributed by atoms with Gasteiger partial charge < -0.3 is 15.4 Å². The van der Waals surface area contributed by atoms with Crippen molar-refractivity contribution in [1.82, 2.24) is 4.90 Å². The number of nitrogens with zero attached hydrogens (tertiary/aromatic N) is 2. The summed E-state index contributed by atoms with van der Waals surface area (Å²) in [6.07, 6.45) is 0. The van der Waals surface area contributed by atoms with Crippen LogP contribution in [0.5, 0.6) is 0 Å². The summed E-state index contributed by atoms with van der Waals surface area (Å²) in [5.74, 6) is 0. The van der Waals surface area contributed by atoms with Crippen LogP contribution in [0.4, 0.5) is 11.4 Å². The molecule has 0 unspecified atom stereocenters. The zero-order chi connectivity index (χ0) is 15.0. The van der Waals surface area contributed by atoms with Gasteiger partial charge in [-0.3, -0.25) is 4.90 Å². The van der Waals surface area contributed by atoms with Crippen LogP contribution >= 0.6 is 0 Å². The molecule has 20 heavy (non-hydrogen) atoms. The minimum atomic E-state index is 0.831. The van der Waals surface area contributed by atoms with Crippen LogP contribution in [-0.2, 0) is 4.74 Å². The molecular weight excluding hydrogens is 250 g/mol. The van der Waals surface area contributed by atoms with Gasteiger partial charge in [-0.05, 0) is 30.7 Å². The second-order valence-corrected chi connectivity index (χ2v) is 4.92. The van der Waals surface area contributed by atoms with Crippen LogP contribution in [0.3, 0.4) is 0 Å². The van der Waals surface area contributed by atoms with Crippen LogP contribution in [-0.4, -0.2) is 51.3 Å². The number of hydrogen-bond acceptors (Lipinski definition) is 4. The standard InChI is InChI=1S/C14H23N3O.C2H6/c1-12-11-13(15)3-4-14(12)16(2)5-6-17-7-9-18-10-8-17;1-2/h3-4,11H,5-10,15H2,1-2H3;1-2H3. The van der Waals surface area contributed by atoms with Crippen molar-refractivity contribution in [3.05, 3.63) is 23.8 Å². The molecule has 0 amide bonds. The van der Waals surface area contributed by atoms with E-state index in [0.717, 1.165) is 45.1 Å². The van der Waals surface area contributed by atoms with Gasteiger partial charge in [-0.1, -0.05) is 13.8 Å². The summed E-state index contributed by atoms with van der Waals surface area (Å²) in [6, 6.07) is 6.10. The third kappa shape index (κ3) is 5.02. The second kappa shape index (κ2) is 8.82. The van der Waals surface area contributed by atoms with Crippen molar-refractivity contribution in [3.63, 3.8) is 0 Å². The average molecular weight is 279 g/mol. The van der Waals surface area contributed by atoms with E-state index in [-0.39, 0.29) is 0 Å². The number of anilines is 2. The van der Waals surface area contributed by atoms with Gasteiger partial charge in [-0.25, -0.2) is 0 Å². The Hall–Kier alpha value is -1.26. The minimum Gasteiger partial charge on any atom is -0.399 e. The van der Waals surface area contributed by atoms with E-state index >= 15 is 0 Å². The Labute approximate surface area is 123 Å². The van der Waals surface area contributed by atoms with Gasteiger partial charge in [0.05, 0.1) is 13.2 Å². The van der Waals surface area contributed by atoms with Crippen molar-refractivity contribution in [2.24, 2.45) is 0 Å².